The van der Waals surface area contributed by atoms with E-state index in [0.717, 1.165) is 12.1 Å². The second kappa shape index (κ2) is 5.71. The number of halogens is 1. The van der Waals surface area contributed by atoms with Crippen molar-refractivity contribution in [1.29, 1.82) is 0 Å². The minimum atomic E-state index is -3.86. The fourth-order valence-corrected chi connectivity index (χ4v) is 3.06. The lowest BCUT2D eigenvalue weighted by atomic mass is 10.2. The van der Waals surface area contributed by atoms with Crippen LogP contribution in [0.1, 0.15) is 0 Å². The van der Waals surface area contributed by atoms with Crippen LogP contribution >= 0.6 is 15.9 Å². The van der Waals surface area contributed by atoms with Gasteiger partial charge < -0.3 is 4.90 Å². The van der Waals surface area contributed by atoms with Gasteiger partial charge in [-0.1, -0.05) is 15.9 Å². The Balaban J connectivity index is 3.82. The third-order valence-electron chi connectivity index (χ3n) is 2.39. The third-order valence-corrected chi connectivity index (χ3v) is 5.44. The second-order valence-corrected chi connectivity index (χ2v) is 7.24. The monoisotopic (exact) mass is 367 g/mol. The normalized spacial score (nSPS) is 11.2. The molecule has 9 nitrogen and oxygen atoms in total. The van der Waals surface area contributed by atoms with E-state index in [1.807, 2.05) is 0 Å². The molecule has 0 atom stereocenters. The number of alkyl halides is 1. The average molecular weight is 368 g/mol. The molecule has 110 valence electrons. The highest BCUT2D eigenvalue weighted by molar-refractivity contribution is 9.10. The van der Waals surface area contributed by atoms with Gasteiger partial charge in [-0.25, -0.2) is 8.42 Å². The first kappa shape index (κ1) is 16.3. The summed E-state index contributed by atoms with van der Waals surface area (Å²) in [6.45, 7) is 0. The molecule has 0 unspecified atom stereocenters. The maximum absolute atomic E-state index is 11.7. The molecule has 0 heterocycles. The molecule has 0 radical (unpaired) electrons. The molecule has 20 heavy (non-hydrogen) atoms. The molecule has 0 fully saturated rings. The Morgan fingerprint density at radius 3 is 1.80 bits per heavy atom. The molecule has 1 rings (SSSR count). The van der Waals surface area contributed by atoms with Gasteiger partial charge in [-0.2, -0.15) is 0 Å². The van der Waals surface area contributed by atoms with Crippen LogP contribution in [0.5, 0.6) is 0 Å². The number of rotatable bonds is 5. The molecule has 1 aromatic rings. The topological polar surface area (TPSA) is 124 Å². The Labute approximate surface area is 122 Å². The Morgan fingerprint density at radius 2 is 1.55 bits per heavy atom. The maximum atomic E-state index is 11.7. The molecule has 1 aromatic carbocycles. The highest BCUT2D eigenvalue weighted by Crippen LogP contribution is 2.39. The van der Waals surface area contributed by atoms with Crippen molar-refractivity contribution >= 4 is 42.8 Å². The predicted octanol–water partition coefficient (Wildman–Crippen LogP) is 1.70. The van der Waals surface area contributed by atoms with Crippen molar-refractivity contribution in [1.82, 2.24) is 0 Å². The van der Waals surface area contributed by atoms with Crippen LogP contribution in [0.3, 0.4) is 0 Å². The number of nitro benzene ring substituents is 2. The summed E-state index contributed by atoms with van der Waals surface area (Å²) in [6, 6.07) is 1.64. The van der Waals surface area contributed by atoms with E-state index in [9.17, 15) is 28.6 Å². The molecule has 0 spiro atoms. The van der Waals surface area contributed by atoms with Crippen LogP contribution in [0.4, 0.5) is 17.1 Å². The first-order valence-corrected chi connectivity index (χ1v) is 7.82. The summed E-state index contributed by atoms with van der Waals surface area (Å²) in [7, 11) is -1.07. The maximum Gasteiger partial charge on any atom is 0.300 e. The van der Waals surface area contributed by atoms with Gasteiger partial charge >= 0.3 is 11.4 Å². The van der Waals surface area contributed by atoms with Crippen LogP contribution in [0, 0.1) is 20.2 Å². The molecule has 11 heteroatoms. The Bertz CT molecular complexity index is 637. The Morgan fingerprint density at radius 1 is 1.15 bits per heavy atom. The molecular weight excluding hydrogens is 358 g/mol. The number of nitro groups is 2. The molecule has 0 aromatic heterocycles. The van der Waals surface area contributed by atoms with E-state index in [4.69, 9.17) is 0 Å². The lowest BCUT2D eigenvalue weighted by molar-refractivity contribution is -0.392. The van der Waals surface area contributed by atoms with Crippen LogP contribution < -0.4 is 4.90 Å². The van der Waals surface area contributed by atoms with Crippen molar-refractivity contribution in [3.8, 4) is 0 Å². The van der Waals surface area contributed by atoms with E-state index >= 15 is 0 Å². The number of sulfone groups is 1. The molecule has 0 aliphatic heterocycles. The molecule has 0 aliphatic rings. The third kappa shape index (κ3) is 3.04. The summed E-state index contributed by atoms with van der Waals surface area (Å²) in [5, 5.41) is 22.0. The van der Waals surface area contributed by atoms with Crippen molar-refractivity contribution in [2.45, 2.75) is 4.90 Å². The quantitative estimate of drug-likeness (QED) is 0.440. The van der Waals surface area contributed by atoms with Crippen LogP contribution in [0.25, 0.3) is 0 Å². The van der Waals surface area contributed by atoms with E-state index in [0.29, 0.717) is 0 Å². The smallest absolute Gasteiger partial charge is 0.300 e. The number of benzene rings is 1. The molecule has 0 saturated carbocycles. The van der Waals surface area contributed by atoms with E-state index in [-0.39, 0.29) is 5.69 Å². The van der Waals surface area contributed by atoms with Gasteiger partial charge in [0.15, 0.2) is 15.5 Å². The van der Waals surface area contributed by atoms with Gasteiger partial charge in [-0.3, -0.25) is 20.2 Å². The molecule has 0 aliphatic carbocycles. The van der Waals surface area contributed by atoms with Gasteiger partial charge in [0.1, 0.15) is 4.66 Å². The highest BCUT2D eigenvalue weighted by atomic mass is 79.9. The van der Waals surface area contributed by atoms with E-state index in [1.54, 1.807) is 0 Å². The zero-order valence-corrected chi connectivity index (χ0v) is 12.8. The minimum absolute atomic E-state index is 0.256. The van der Waals surface area contributed by atoms with E-state index in [1.165, 1.54) is 19.0 Å². The summed E-state index contributed by atoms with van der Waals surface area (Å²) in [5.74, 6) is 0. The predicted molar refractivity (Wildman–Crippen MR) is 75.1 cm³/mol. The van der Waals surface area contributed by atoms with E-state index < -0.39 is 40.6 Å². The van der Waals surface area contributed by atoms with Crippen molar-refractivity contribution in [3.05, 3.63) is 32.4 Å². The van der Waals surface area contributed by atoms with Crippen molar-refractivity contribution in [2.24, 2.45) is 0 Å². The fourth-order valence-electron chi connectivity index (χ4n) is 1.56. The average Bonchev–Trinajstić information content (AvgIpc) is 2.36. The summed E-state index contributed by atoms with van der Waals surface area (Å²) >= 11 is 2.74. The summed E-state index contributed by atoms with van der Waals surface area (Å²) in [4.78, 5) is 21.1. The number of hydrogen-bond donors (Lipinski definition) is 0. The fraction of sp³-hybridized carbons (Fsp3) is 0.333. The molecule has 0 amide bonds. The standard InChI is InChI=1S/C9H10BrN3O6S/c1-11(2)9-7(12(14)15)3-6(20(18,19)5-10)4-8(9)13(16)17/h3-4H,5H2,1-2H3. The number of anilines is 1. The van der Waals surface area contributed by atoms with E-state index in [2.05, 4.69) is 15.9 Å². The van der Waals surface area contributed by atoms with Crippen LogP contribution in [-0.4, -0.2) is 37.0 Å². The molecular formula is C9H10BrN3O6S. The minimum Gasteiger partial charge on any atom is -0.366 e. The van der Waals surface area contributed by atoms with Gasteiger partial charge in [-0.15, -0.1) is 0 Å². The lowest BCUT2D eigenvalue weighted by Gasteiger charge is -2.13. The summed E-state index contributed by atoms with van der Waals surface area (Å²) in [5.41, 5.74) is -1.53. The van der Waals surface area contributed by atoms with Crippen molar-refractivity contribution in [2.75, 3.05) is 23.7 Å². The summed E-state index contributed by atoms with van der Waals surface area (Å²) in [6.07, 6.45) is 0. The van der Waals surface area contributed by atoms with Crippen LogP contribution in [0.15, 0.2) is 17.0 Å². The zero-order valence-electron chi connectivity index (χ0n) is 10.4. The SMILES string of the molecule is CN(C)c1c([N+](=O)[O-])cc(S(=O)(=O)CBr)cc1[N+](=O)[O-]. The molecule has 0 saturated heterocycles. The van der Waals surface area contributed by atoms with Crippen LogP contribution in [0.2, 0.25) is 0 Å². The van der Waals surface area contributed by atoms with Gasteiger partial charge in [0.05, 0.1) is 14.7 Å². The first-order valence-electron chi connectivity index (χ1n) is 5.04. The van der Waals surface area contributed by atoms with Gasteiger partial charge in [0.2, 0.25) is 0 Å². The number of hydrogen-bond acceptors (Lipinski definition) is 7. The molecule has 0 bridgehead atoms. The van der Waals surface area contributed by atoms with Gasteiger partial charge in [-0.05, 0) is 0 Å². The molecule has 0 N–H and O–H groups in total. The Kier molecular flexibility index (Phi) is 4.65. The largest absolute Gasteiger partial charge is 0.366 e. The first-order chi connectivity index (χ1) is 9.11. The second-order valence-electron chi connectivity index (χ2n) is 3.94. The Hall–Kier alpha value is -1.75. The summed E-state index contributed by atoms with van der Waals surface area (Å²) < 4.78 is 23.0. The number of nitrogens with zero attached hydrogens (tertiary/aromatic N) is 3. The lowest BCUT2D eigenvalue weighted by Crippen LogP contribution is -2.14. The zero-order chi connectivity index (χ0) is 15.7. The van der Waals surface area contributed by atoms with Gasteiger partial charge in [0.25, 0.3) is 0 Å². The van der Waals surface area contributed by atoms with Crippen molar-refractivity contribution < 1.29 is 18.3 Å². The van der Waals surface area contributed by atoms with Crippen molar-refractivity contribution in [3.63, 3.8) is 0 Å². The van der Waals surface area contributed by atoms with Crippen LogP contribution in [-0.2, 0) is 9.84 Å². The highest BCUT2D eigenvalue weighted by Gasteiger charge is 2.31. The van der Waals surface area contributed by atoms with Gasteiger partial charge in [0, 0.05) is 26.2 Å².